The molecule has 0 saturated carbocycles. The second kappa shape index (κ2) is 4.96. The molecule has 2 aromatic heterocycles. The van der Waals surface area contributed by atoms with Gasteiger partial charge in [0.2, 0.25) is 6.79 Å². The number of hydrogen-bond donors (Lipinski definition) is 1. The van der Waals surface area contributed by atoms with E-state index in [9.17, 15) is 14.7 Å². The van der Waals surface area contributed by atoms with Crippen LogP contribution in [0.5, 0.6) is 11.5 Å². The molecule has 5 heterocycles. The summed E-state index contributed by atoms with van der Waals surface area (Å²) in [5.74, 6) is 0.772. The Hall–Kier alpha value is -3.39. The van der Waals surface area contributed by atoms with Gasteiger partial charge in [-0.25, -0.2) is 9.78 Å². The number of nitrogens with zero attached hydrogens (tertiary/aromatic N) is 2. The van der Waals surface area contributed by atoms with E-state index in [4.69, 9.17) is 19.2 Å². The molecule has 0 bridgehead atoms. The quantitative estimate of drug-likeness (QED) is 0.452. The van der Waals surface area contributed by atoms with E-state index in [2.05, 4.69) is 0 Å². The van der Waals surface area contributed by atoms with Gasteiger partial charge in [0.15, 0.2) is 17.6 Å². The van der Waals surface area contributed by atoms with E-state index in [-0.39, 0.29) is 19.0 Å². The van der Waals surface area contributed by atoms with Gasteiger partial charge in [-0.05, 0) is 24.5 Å². The minimum Gasteiger partial charge on any atom is -0.458 e. The van der Waals surface area contributed by atoms with Gasteiger partial charge in [-0.2, -0.15) is 0 Å². The van der Waals surface area contributed by atoms with Crippen LogP contribution >= 0.6 is 0 Å². The average molecular weight is 390 g/mol. The van der Waals surface area contributed by atoms with Crippen molar-refractivity contribution in [2.75, 3.05) is 6.79 Å². The topological polar surface area (TPSA) is 99.9 Å². The molecule has 144 valence electrons. The average Bonchev–Trinajstić information content (AvgIpc) is 3.42. The van der Waals surface area contributed by atoms with Crippen LogP contribution in [-0.2, 0) is 35.5 Å². The second-order valence-electron chi connectivity index (χ2n) is 7.77. The number of benzene rings is 1. The van der Waals surface area contributed by atoms with Gasteiger partial charge >= 0.3 is 5.97 Å². The van der Waals surface area contributed by atoms with Gasteiger partial charge in [0.05, 0.1) is 29.0 Å². The number of aliphatic hydroxyl groups excluding tert-OH is 1. The number of esters is 1. The number of carbonyl (C=O) groups excluding carboxylic acids is 1. The van der Waals surface area contributed by atoms with E-state index in [1.807, 2.05) is 6.07 Å². The molecule has 7 rings (SSSR count). The van der Waals surface area contributed by atoms with Crippen LogP contribution in [0.2, 0.25) is 0 Å². The predicted octanol–water partition coefficient (Wildman–Crippen LogP) is 1.34. The molecule has 29 heavy (non-hydrogen) atoms. The van der Waals surface area contributed by atoms with Crippen LogP contribution in [0.25, 0.3) is 22.3 Å². The highest BCUT2D eigenvalue weighted by Gasteiger charge is 2.36. The highest BCUT2D eigenvalue weighted by molar-refractivity contribution is 5.95. The molecular formula is C21H14N2O6. The Morgan fingerprint density at radius 1 is 1.03 bits per heavy atom. The zero-order valence-electron chi connectivity index (χ0n) is 15.2. The van der Waals surface area contributed by atoms with Crippen LogP contribution in [0.3, 0.4) is 0 Å². The number of aromatic nitrogens is 2. The van der Waals surface area contributed by atoms with Crippen molar-refractivity contribution in [1.29, 1.82) is 0 Å². The fourth-order valence-electron chi connectivity index (χ4n) is 5.11. The first-order valence-corrected chi connectivity index (χ1v) is 9.50. The second-order valence-corrected chi connectivity index (χ2v) is 7.77. The van der Waals surface area contributed by atoms with Gasteiger partial charge in [0.25, 0.3) is 5.56 Å². The summed E-state index contributed by atoms with van der Waals surface area (Å²) in [5.41, 5.74) is 5.90. The predicted molar refractivity (Wildman–Crippen MR) is 98.8 cm³/mol. The normalized spacial score (nSPS) is 19.9. The summed E-state index contributed by atoms with van der Waals surface area (Å²) in [6.07, 6.45) is 0.250. The number of aliphatic hydroxyl groups is 1. The van der Waals surface area contributed by atoms with Gasteiger partial charge in [-0.1, -0.05) is 0 Å². The van der Waals surface area contributed by atoms with Gasteiger partial charge in [-0.15, -0.1) is 0 Å². The van der Waals surface area contributed by atoms with Crippen molar-refractivity contribution < 1.29 is 24.1 Å². The minimum absolute atomic E-state index is 0.117. The summed E-state index contributed by atoms with van der Waals surface area (Å²) in [5, 5.41) is 11.3. The van der Waals surface area contributed by atoms with E-state index in [1.54, 1.807) is 10.6 Å². The molecule has 0 spiro atoms. The van der Waals surface area contributed by atoms with Crippen molar-refractivity contribution in [2.24, 2.45) is 0 Å². The van der Waals surface area contributed by atoms with Gasteiger partial charge < -0.3 is 23.9 Å². The molecule has 1 N–H and O–H groups in total. The zero-order chi connectivity index (χ0) is 19.4. The van der Waals surface area contributed by atoms with Crippen molar-refractivity contribution >= 4 is 16.9 Å². The first-order valence-electron chi connectivity index (χ1n) is 9.50. The molecule has 1 unspecified atom stereocenters. The number of ether oxygens (including phenoxy) is 3. The molecule has 3 aromatic rings. The first kappa shape index (κ1) is 15.5. The lowest BCUT2D eigenvalue weighted by Gasteiger charge is -2.21. The molecule has 4 aliphatic rings. The Morgan fingerprint density at radius 3 is 2.79 bits per heavy atom. The Bertz CT molecular complexity index is 1370. The summed E-state index contributed by atoms with van der Waals surface area (Å²) in [6.45, 7) is 0.521. The fraction of sp³-hybridized carbons (Fsp3) is 0.286. The number of aryl methyl sites for hydroxylation is 2. The molecule has 0 fully saturated rings. The molecule has 0 saturated heterocycles. The number of hydrogen-bond acceptors (Lipinski definition) is 7. The zero-order valence-corrected chi connectivity index (χ0v) is 15.2. The molecule has 0 amide bonds. The third-order valence-electron chi connectivity index (χ3n) is 6.42. The smallest absolute Gasteiger partial charge is 0.340 e. The van der Waals surface area contributed by atoms with E-state index < -0.39 is 12.1 Å². The van der Waals surface area contributed by atoms with Crippen molar-refractivity contribution in [3.05, 3.63) is 50.3 Å². The van der Waals surface area contributed by atoms with Crippen LogP contribution in [0.1, 0.15) is 33.9 Å². The highest BCUT2D eigenvalue weighted by atomic mass is 16.7. The molecule has 0 radical (unpaired) electrons. The van der Waals surface area contributed by atoms with Crippen LogP contribution in [0.4, 0.5) is 0 Å². The molecule has 1 aliphatic carbocycles. The molecule has 8 nitrogen and oxygen atoms in total. The first-order chi connectivity index (χ1) is 14.1. The summed E-state index contributed by atoms with van der Waals surface area (Å²) in [7, 11) is 0. The Morgan fingerprint density at radius 2 is 1.90 bits per heavy atom. The number of fused-ring (bicyclic) bond motifs is 7. The summed E-state index contributed by atoms with van der Waals surface area (Å²) >= 11 is 0. The molecular weight excluding hydrogens is 376 g/mol. The number of cyclic esters (lactones) is 1. The van der Waals surface area contributed by atoms with Gasteiger partial charge in [0.1, 0.15) is 6.61 Å². The number of pyridine rings is 2. The monoisotopic (exact) mass is 390 g/mol. The maximum atomic E-state index is 13.1. The lowest BCUT2D eigenvalue weighted by molar-refractivity contribution is -0.157. The summed E-state index contributed by atoms with van der Waals surface area (Å²) < 4.78 is 17.9. The molecule has 1 aromatic carbocycles. The van der Waals surface area contributed by atoms with Crippen LogP contribution < -0.4 is 15.0 Å². The third kappa shape index (κ3) is 1.76. The van der Waals surface area contributed by atoms with Crippen molar-refractivity contribution in [1.82, 2.24) is 9.55 Å². The maximum Gasteiger partial charge on any atom is 0.340 e. The van der Waals surface area contributed by atoms with E-state index in [0.717, 1.165) is 46.3 Å². The van der Waals surface area contributed by atoms with Gasteiger partial charge in [0, 0.05) is 28.1 Å². The SMILES string of the molecule is O=C1OCc2c(cc3n(c2=O)Cc2c-3nc3cc4c(c5c3c2CC5)OCO4)C1O. The van der Waals surface area contributed by atoms with E-state index >= 15 is 0 Å². The van der Waals surface area contributed by atoms with Crippen molar-refractivity contribution in [3.8, 4) is 22.9 Å². The lowest BCUT2D eigenvalue weighted by Crippen LogP contribution is -2.32. The van der Waals surface area contributed by atoms with Crippen LogP contribution in [-0.4, -0.2) is 27.4 Å². The third-order valence-corrected chi connectivity index (χ3v) is 6.42. The van der Waals surface area contributed by atoms with E-state index in [0.29, 0.717) is 29.1 Å². The highest BCUT2D eigenvalue weighted by Crippen LogP contribution is 2.48. The summed E-state index contributed by atoms with van der Waals surface area (Å²) in [4.78, 5) is 29.7. The Balaban J connectivity index is 1.54. The number of carbonyl (C=O) groups is 1. The summed E-state index contributed by atoms with van der Waals surface area (Å²) in [6, 6.07) is 3.60. The number of rotatable bonds is 0. The fourth-order valence-corrected chi connectivity index (χ4v) is 5.11. The lowest BCUT2D eigenvalue weighted by atomic mass is 9.99. The molecule has 3 aliphatic heterocycles. The standard InChI is InChI=1S/C21H14N2O6/c24-18-10-3-14-17-11(5-23(14)20(25)12(10)6-27-21(18)26)8-1-2-9-16(8)13(22-17)4-15-19(9)29-7-28-15/h3-4,18,24H,1-2,5-7H2. The maximum absolute atomic E-state index is 13.1. The molecule has 1 atom stereocenters. The molecule has 8 heteroatoms. The van der Waals surface area contributed by atoms with E-state index in [1.165, 1.54) is 5.56 Å². The Labute approximate surface area is 163 Å². The van der Waals surface area contributed by atoms with Crippen LogP contribution in [0.15, 0.2) is 16.9 Å². The van der Waals surface area contributed by atoms with Crippen LogP contribution in [0, 0.1) is 0 Å². The largest absolute Gasteiger partial charge is 0.458 e. The van der Waals surface area contributed by atoms with Crippen molar-refractivity contribution in [3.63, 3.8) is 0 Å². The Kier molecular flexibility index (Phi) is 2.65. The van der Waals surface area contributed by atoms with Crippen molar-refractivity contribution in [2.45, 2.75) is 32.1 Å². The van der Waals surface area contributed by atoms with Gasteiger partial charge in [-0.3, -0.25) is 4.79 Å². The minimum atomic E-state index is -1.45.